The summed E-state index contributed by atoms with van der Waals surface area (Å²) in [4.78, 5) is 9.81. The molecule has 1 aliphatic rings. The van der Waals surface area contributed by atoms with Crippen LogP contribution >= 0.6 is 0 Å². The van der Waals surface area contributed by atoms with Gasteiger partial charge in [-0.3, -0.25) is 0 Å². The monoisotopic (exact) mass is 379 g/mol. The number of hydrogen-bond donors (Lipinski definition) is 1. The molecule has 0 saturated carbocycles. The summed E-state index contributed by atoms with van der Waals surface area (Å²) >= 11 is 0. The van der Waals surface area contributed by atoms with Crippen LogP contribution in [-0.4, -0.2) is 53.8 Å². The van der Waals surface area contributed by atoms with E-state index in [-0.39, 0.29) is 6.10 Å². The standard InChI is InChI=1S/C23H29N3O2/c1-3-25-11-13-26(14-12-25)23-22-20(10-15-28-22)16-21(24-23)19-8-6-18(7-9-19)5-4-17(2)27/h6-10,15-17,27H,3-5,11-14H2,1-2H3. The van der Waals surface area contributed by atoms with Crippen LogP contribution in [0, 0.1) is 0 Å². The molecule has 0 amide bonds. The van der Waals surface area contributed by atoms with Gasteiger partial charge in [0.05, 0.1) is 18.1 Å². The molecule has 3 aromatic rings. The first-order valence-corrected chi connectivity index (χ1v) is 10.3. The lowest BCUT2D eigenvalue weighted by Crippen LogP contribution is -2.46. The number of hydrogen-bond acceptors (Lipinski definition) is 5. The fourth-order valence-corrected chi connectivity index (χ4v) is 3.81. The molecule has 1 aliphatic heterocycles. The zero-order valence-electron chi connectivity index (χ0n) is 16.8. The highest BCUT2D eigenvalue weighted by Gasteiger charge is 2.21. The molecule has 1 aromatic carbocycles. The van der Waals surface area contributed by atoms with E-state index in [1.807, 2.05) is 13.0 Å². The highest BCUT2D eigenvalue weighted by atomic mass is 16.3. The Balaban J connectivity index is 1.61. The molecule has 0 aliphatic carbocycles. The van der Waals surface area contributed by atoms with Gasteiger partial charge in [-0.2, -0.15) is 0 Å². The molecule has 148 valence electrons. The predicted octanol–water partition coefficient (Wildman–Crippen LogP) is 3.95. The maximum Gasteiger partial charge on any atom is 0.176 e. The molecular formula is C23H29N3O2. The van der Waals surface area contributed by atoms with Crippen LogP contribution in [0.2, 0.25) is 0 Å². The normalized spacial score (nSPS) is 16.6. The molecule has 1 unspecified atom stereocenters. The Hall–Kier alpha value is -2.37. The van der Waals surface area contributed by atoms with Crippen molar-refractivity contribution in [1.82, 2.24) is 9.88 Å². The average molecular weight is 380 g/mol. The number of aryl methyl sites for hydroxylation is 1. The summed E-state index contributed by atoms with van der Waals surface area (Å²) in [5, 5.41) is 10.6. The van der Waals surface area contributed by atoms with Crippen molar-refractivity contribution >= 4 is 16.8 Å². The van der Waals surface area contributed by atoms with Crippen LogP contribution in [0.3, 0.4) is 0 Å². The number of aromatic nitrogens is 1. The largest absolute Gasteiger partial charge is 0.460 e. The van der Waals surface area contributed by atoms with Crippen molar-refractivity contribution in [1.29, 1.82) is 0 Å². The lowest BCUT2D eigenvalue weighted by atomic mass is 10.0. The lowest BCUT2D eigenvalue weighted by Gasteiger charge is -2.34. The van der Waals surface area contributed by atoms with Gasteiger partial charge in [0.25, 0.3) is 0 Å². The summed E-state index contributed by atoms with van der Waals surface area (Å²) in [6, 6.07) is 12.7. The minimum Gasteiger partial charge on any atom is -0.460 e. The van der Waals surface area contributed by atoms with Crippen LogP contribution in [-0.2, 0) is 6.42 Å². The fourth-order valence-electron chi connectivity index (χ4n) is 3.81. The minimum atomic E-state index is -0.263. The van der Waals surface area contributed by atoms with Crippen LogP contribution in [0.15, 0.2) is 47.1 Å². The SMILES string of the molecule is CCN1CCN(c2nc(-c3ccc(CCC(C)O)cc3)cc3ccoc23)CC1. The first-order chi connectivity index (χ1) is 13.6. The van der Waals surface area contributed by atoms with E-state index in [1.165, 1.54) is 5.56 Å². The zero-order chi connectivity index (χ0) is 19.5. The Bertz CT molecular complexity index is 909. The molecule has 5 heteroatoms. The molecule has 1 atom stereocenters. The van der Waals surface area contributed by atoms with Gasteiger partial charge in [0, 0.05) is 37.1 Å². The van der Waals surface area contributed by atoms with E-state index < -0.39 is 0 Å². The van der Waals surface area contributed by atoms with Gasteiger partial charge in [-0.05, 0) is 44.0 Å². The van der Waals surface area contributed by atoms with Gasteiger partial charge in [-0.15, -0.1) is 0 Å². The van der Waals surface area contributed by atoms with E-state index in [0.29, 0.717) is 0 Å². The van der Waals surface area contributed by atoms with Crippen LogP contribution in [0.4, 0.5) is 5.82 Å². The second-order valence-electron chi connectivity index (χ2n) is 7.68. The molecule has 1 saturated heterocycles. The fraction of sp³-hybridized carbons (Fsp3) is 0.435. The summed E-state index contributed by atoms with van der Waals surface area (Å²) in [6.07, 6.45) is 3.16. The number of aliphatic hydroxyl groups is 1. The average Bonchev–Trinajstić information content (AvgIpc) is 3.21. The number of piperazine rings is 1. The molecule has 0 spiro atoms. The number of benzene rings is 1. The number of nitrogens with zero attached hydrogens (tertiary/aromatic N) is 3. The third kappa shape index (κ3) is 4.05. The molecule has 3 heterocycles. The lowest BCUT2D eigenvalue weighted by molar-refractivity contribution is 0.185. The minimum absolute atomic E-state index is 0.263. The third-order valence-corrected chi connectivity index (χ3v) is 5.64. The zero-order valence-corrected chi connectivity index (χ0v) is 16.8. The van der Waals surface area contributed by atoms with Crippen molar-refractivity contribution in [3.63, 3.8) is 0 Å². The summed E-state index contributed by atoms with van der Waals surface area (Å²) in [5.74, 6) is 0.950. The van der Waals surface area contributed by atoms with E-state index in [9.17, 15) is 5.11 Å². The summed E-state index contributed by atoms with van der Waals surface area (Å²) in [6.45, 7) is 9.20. The first kappa shape index (κ1) is 19.0. The van der Waals surface area contributed by atoms with Crippen molar-refractivity contribution in [2.75, 3.05) is 37.6 Å². The molecule has 0 radical (unpaired) electrons. The van der Waals surface area contributed by atoms with Crippen molar-refractivity contribution in [2.45, 2.75) is 32.8 Å². The second kappa shape index (κ2) is 8.33. The van der Waals surface area contributed by atoms with Crippen LogP contribution in [0.5, 0.6) is 0 Å². The third-order valence-electron chi connectivity index (χ3n) is 5.64. The van der Waals surface area contributed by atoms with E-state index in [1.54, 1.807) is 6.26 Å². The van der Waals surface area contributed by atoms with Gasteiger partial charge < -0.3 is 19.3 Å². The summed E-state index contributed by atoms with van der Waals surface area (Å²) in [7, 11) is 0. The van der Waals surface area contributed by atoms with Gasteiger partial charge in [0.15, 0.2) is 11.4 Å². The number of fused-ring (bicyclic) bond motifs is 1. The number of pyridine rings is 1. The van der Waals surface area contributed by atoms with E-state index in [0.717, 1.165) is 73.6 Å². The van der Waals surface area contributed by atoms with Gasteiger partial charge in [0.1, 0.15) is 0 Å². The van der Waals surface area contributed by atoms with Crippen LogP contribution in [0.25, 0.3) is 22.2 Å². The number of rotatable bonds is 6. The van der Waals surface area contributed by atoms with Gasteiger partial charge >= 0.3 is 0 Å². The van der Waals surface area contributed by atoms with Crippen molar-refractivity contribution < 1.29 is 9.52 Å². The van der Waals surface area contributed by atoms with Crippen molar-refractivity contribution in [3.05, 3.63) is 48.2 Å². The maximum atomic E-state index is 9.49. The highest BCUT2D eigenvalue weighted by molar-refractivity contribution is 5.90. The van der Waals surface area contributed by atoms with Crippen molar-refractivity contribution in [2.24, 2.45) is 0 Å². The topological polar surface area (TPSA) is 52.7 Å². The van der Waals surface area contributed by atoms with Gasteiger partial charge in [-0.1, -0.05) is 31.2 Å². The van der Waals surface area contributed by atoms with Gasteiger partial charge in [0.2, 0.25) is 0 Å². The number of likely N-dealkylation sites (N-methyl/N-ethyl adjacent to an activating group) is 1. The van der Waals surface area contributed by atoms with E-state index in [4.69, 9.17) is 9.40 Å². The Morgan fingerprint density at radius 2 is 1.86 bits per heavy atom. The van der Waals surface area contributed by atoms with E-state index in [2.05, 4.69) is 47.1 Å². The Labute approximate surface area is 166 Å². The molecule has 1 N–H and O–H groups in total. The smallest absolute Gasteiger partial charge is 0.176 e. The predicted molar refractivity (Wildman–Crippen MR) is 114 cm³/mol. The number of aliphatic hydroxyl groups excluding tert-OH is 1. The molecular weight excluding hydrogens is 350 g/mol. The molecule has 5 nitrogen and oxygen atoms in total. The summed E-state index contributed by atoms with van der Waals surface area (Å²) in [5.41, 5.74) is 4.20. The quantitative estimate of drug-likeness (QED) is 0.703. The Kier molecular flexibility index (Phi) is 5.64. The van der Waals surface area contributed by atoms with Crippen LogP contribution < -0.4 is 4.90 Å². The molecule has 1 fully saturated rings. The first-order valence-electron chi connectivity index (χ1n) is 10.3. The number of furan rings is 1. The second-order valence-corrected chi connectivity index (χ2v) is 7.68. The molecule has 0 bridgehead atoms. The number of anilines is 1. The molecule has 2 aromatic heterocycles. The summed E-state index contributed by atoms with van der Waals surface area (Å²) < 4.78 is 5.78. The maximum absolute atomic E-state index is 9.49. The Morgan fingerprint density at radius 1 is 1.11 bits per heavy atom. The molecule has 4 rings (SSSR count). The highest BCUT2D eigenvalue weighted by Crippen LogP contribution is 2.31. The van der Waals surface area contributed by atoms with E-state index >= 15 is 0 Å². The van der Waals surface area contributed by atoms with Crippen molar-refractivity contribution in [3.8, 4) is 11.3 Å². The van der Waals surface area contributed by atoms with Gasteiger partial charge in [-0.25, -0.2) is 4.98 Å². The van der Waals surface area contributed by atoms with Crippen LogP contribution in [0.1, 0.15) is 25.8 Å². The Morgan fingerprint density at radius 3 is 2.54 bits per heavy atom. The molecule has 28 heavy (non-hydrogen) atoms.